The Morgan fingerprint density at radius 1 is 1.14 bits per heavy atom. The van der Waals surface area contributed by atoms with E-state index < -0.39 is 0 Å². The summed E-state index contributed by atoms with van der Waals surface area (Å²) in [4.78, 5) is 12.4. The highest BCUT2D eigenvalue weighted by Gasteiger charge is 2.10. The van der Waals surface area contributed by atoms with Crippen LogP contribution in [0.4, 0.5) is 5.69 Å². The van der Waals surface area contributed by atoms with Gasteiger partial charge in [-0.3, -0.25) is 4.79 Å². The highest BCUT2D eigenvalue weighted by atomic mass is 16.5. The number of anilines is 1. The largest absolute Gasteiger partial charge is 0.497 e. The van der Waals surface area contributed by atoms with E-state index in [-0.39, 0.29) is 11.8 Å². The number of methoxy groups -OCH3 is 2. The molecule has 1 N–H and O–H groups in total. The van der Waals surface area contributed by atoms with Crippen molar-refractivity contribution < 1.29 is 14.3 Å². The number of nitrogens with one attached hydrogen (secondary N) is 1. The smallest absolute Gasteiger partial charge is 0.248 e. The highest BCUT2D eigenvalue weighted by Crippen LogP contribution is 2.25. The monoisotopic (exact) mass is 392 g/mol. The molecule has 0 aliphatic rings. The Bertz CT molecular complexity index is 1020. The number of hydrogen-bond acceptors (Lipinski definition) is 5. The van der Waals surface area contributed by atoms with Gasteiger partial charge in [-0.1, -0.05) is 25.1 Å². The van der Waals surface area contributed by atoms with Crippen molar-refractivity contribution in [1.29, 1.82) is 0 Å². The predicted octanol–water partition coefficient (Wildman–Crippen LogP) is 4.06. The number of carbonyl (C=O) groups is 1. The van der Waals surface area contributed by atoms with Crippen molar-refractivity contribution in [3.63, 3.8) is 0 Å². The van der Waals surface area contributed by atoms with Crippen LogP contribution in [0.3, 0.4) is 0 Å². The second-order valence-corrected chi connectivity index (χ2v) is 6.71. The first-order chi connectivity index (χ1) is 14.0. The van der Waals surface area contributed by atoms with Crippen molar-refractivity contribution >= 4 is 17.7 Å². The standard InChI is InChI=1S/C22H24N4O3/c1-15(2)20-14-23-25-26(20)18-7-5-6-17(13-18)24-22(27)11-8-16-12-19(28-3)9-10-21(16)29-4/h5-15H,1-4H3,(H,24,27)/b11-8+. The summed E-state index contributed by atoms with van der Waals surface area (Å²) in [6.45, 7) is 4.16. The minimum atomic E-state index is -0.255. The third-order valence-corrected chi connectivity index (χ3v) is 4.38. The number of amides is 1. The van der Waals surface area contributed by atoms with Crippen molar-refractivity contribution in [2.75, 3.05) is 19.5 Å². The van der Waals surface area contributed by atoms with Crippen molar-refractivity contribution in [2.45, 2.75) is 19.8 Å². The lowest BCUT2D eigenvalue weighted by Crippen LogP contribution is -2.09. The first-order valence-corrected chi connectivity index (χ1v) is 9.24. The molecule has 0 spiro atoms. The Morgan fingerprint density at radius 2 is 1.97 bits per heavy atom. The fourth-order valence-corrected chi connectivity index (χ4v) is 2.87. The van der Waals surface area contributed by atoms with E-state index in [1.165, 1.54) is 6.08 Å². The van der Waals surface area contributed by atoms with Crippen molar-refractivity contribution in [3.05, 3.63) is 66.0 Å². The van der Waals surface area contributed by atoms with Crippen LogP contribution >= 0.6 is 0 Å². The van der Waals surface area contributed by atoms with Crippen molar-refractivity contribution in [3.8, 4) is 17.2 Å². The summed E-state index contributed by atoms with van der Waals surface area (Å²) < 4.78 is 12.3. The van der Waals surface area contributed by atoms with Gasteiger partial charge in [-0.15, -0.1) is 5.10 Å². The molecule has 1 amide bonds. The summed E-state index contributed by atoms with van der Waals surface area (Å²) >= 11 is 0. The zero-order valence-corrected chi connectivity index (χ0v) is 16.9. The second kappa shape index (κ2) is 9.05. The number of rotatable bonds is 7. The Kier molecular flexibility index (Phi) is 6.29. The highest BCUT2D eigenvalue weighted by molar-refractivity contribution is 6.02. The van der Waals surface area contributed by atoms with Gasteiger partial charge in [0.15, 0.2) is 0 Å². The molecule has 0 atom stereocenters. The van der Waals surface area contributed by atoms with E-state index in [0.29, 0.717) is 17.2 Å². The summed E-state index contributed by atoms with van der Waals surface area (Å²) in [6.07, 6.45) is 4.90. The molecule has 0 aliphatic carbocycles. The van der Waals surface area contributed by atoms with Crippen molar-refractivity contribution in [1.82, 2.24) is 15.0 Å². The van der Waals surface area contributed by atoms with Gasteiger partial charge in [-0.05, 0) is 48.4 Å². The van der Waals surface area contributed by atoms with Crippen LogP contribution in [0.25, 0.3) is 11.8 Å². The topological polar surface area (TPSA) is 78.3 Å². The third-order valence-electron chi connectivity index (χ3n) is 4.38. The van der Waals surface area contributed by atoms with Crippen LogP contribution in [-0.2, 0) is 4.79 Å². The van der Waals surface area contributed by atoms with E-state index in [2.05, 4.69) is 29.5 Å². The fourth-order valence-electron chi connectivity index (χ4n) is 2.87. The van der Waals surface area contributed by atoms with E-state index in [0.717, 1.165) is 16.9 Å². The molecule has 0 bridgehead atoms. The van der Waals surface area contributed by atoms with E-state index in [1.54, 1.807) is 49.4 Å². The quantitative estimate of drug-likeness (QED) is 0.614. The number of ether oxygens (including phenoxy) is 2. The van der Waals surface area contributed by atoms with Gasteiger partial charge in [0.1, 0.15) is 11.5 Å². The van der Waals surface area contributed by atoms with Crippen LogP contribution in [0.2, 0.25) is 0 Å². The maximum atomic E-state index is 12.4. The Morgan fingerprint density at radius 3 is 2.69 bits per heavy atom. The van der Waals surface area contributed by atoms with Crippen LogP contribution in [0.15, 0.2) is 54.7 Å². The van der Waals surface area contributed by atoms with Crippen LogP contribution in [0.5, 0.6) is 11.5 Å². The molecule has 0 saturated heterocycles. The average Bonchev–Trinajstić information content (AvgIpc) is 3.22. The van der Waals surface area contributed by atoms with Gasteiger partial charge in [0, 0.05) is 17.3 Å². The van der Waals surface area contributed by atoms with Gasteiger partial charge in [-0.2, -0.15) is 0 Å². The van der Waals surface area contributed by atoms with E-state index in [4.69, 9.17) is 9.47 Å². The maximum Gasteiger partial charge on any atom is 0.248 e. The second-order valence-electron chi connectivity index (χ2n) is 6.71. The lowest BCUT2D eigenvalue weighted by Gasteiger charge is -2.10. The summed E-state index contributed by atoms with van der Waals surface area (Å²) in [6, 6.07) is 12.9. The molecule has 0 saturated carbocycles. The van der Waals surface area contributed by atoms with Crippen LogP contribution in [0, 0.1) is 0 Å². The predicted molar refractivity (Wildman–Crippen MR) is 113 cm³/mol. The fraction of sp³-hybridized carbons (Fsp3) is 0.227. The summed E-state index contributed by atoms with van der Waals surface area (Å²) in [5, 5.41) is 11.0. The molecule has 0 radical (unpaired) electrons. The van der Waals surface area contributed by atoms with Crippen LogP contribution in [-0.4, -0.2) is 35.1 Å². The Labute approximate surface area is 170 Å². The SMILES string of the molecule is COc1ccc(OC)c(/C=C/C(=O)Nc2cccc(-n3nncc3C(C)C)c2)c1. The molecule has 2 aromatic carbocycles. The summed E-state index contributed by atoms with van der Waals surface area (Å²) in [5.41, 5.74) is 3.25. The number of aromatic nitrogens is 3. The molecular formula is C22H24N4O3. The van der Waals surface area contributed by atoms with Crippen LogP contribution < -0.4 is 14.8 Å². The summed E-state index contributed by atoms with van der Waals surface area (Å²) in [5.74, 6) is 1.37. The molecule has 1 aromatic heterocycles. The zero-order valence-electron chi connectivity index (χ0n) is 16.9. The molecule has 7 nitrogen and oxygen atoms in total. The molecule has 29 heavy (non-hydrogen) atoms. The van der Waals surface area contributed by atoms with E-state index in [1.807, 2.05) is 24.3 Å². The zero-order chi connectivity index (χ0) is 20.8. The first kappa shape index (κ1) is 20.1. The number of benzene rings is 2. The lowest BCUT2D eigenvalue weighted by atomic mass is 10.1. The minimum absolute atomic E-state index is 0.255. The Balaban J connectivity index is 1.76. The minimum Gasteiger partial charge on any atom is -0.497 e. The molecule has 3 aromatic rings. The summed E-state index contributed by atoms with van der Waals surface area (Å²) in [7, 11) is 3.18. The lowest BCUT2D eigenvalue weighted by molar-refractivity contribution is -0.111. The van der Waals surface area contributed by atoms with Gasteiger partial charge in [0.2, 0.25) is 5.91 Å². The van der Waals surface area contributed by atoms with E-state index in [9.17, 15) is 4.79 Å². The van der Waals surface area contributed by atoms with Gasteiger partial charge in [-0.25, -0.2) is 4.68 Å². The molecule has 0 aliphatic heterocycles. The molecule has 7 heteroatoms. The normalized spacial score (nSPS) is 11.1. The Hall–Kier alpha value is -3.61. The van der Waals surface area contributed by atoms with Crippen molar-refractivity contribution in [2.24, 2.45) is 0 Å². The average molecular weight is 392 g/mol. The van der Waals surface area contributed by atoms with Crippen LogP contribution in [0.1, 0.15) is 31.0 Å². The van der Waals surface area contributed by atoms with Gasteiger partial charge in [0.25, 0.3) is 0 Å². The molecule has 150 valence electrons. The molecule has 0 fully saturated rings. The molecular weight excluding hydrogens is 368 g/mol. The number of hydrogen-bond donors (Lipinski definition) is 1. The van der Waals surface area contributed by atoms with E-state index >= 15 is 0 Å². The number of carbonyl (C=O) groups excluding carboxylic acids is 1. The van der Waals surface area contributed by atoms with Gasteiger partial charge < -0.3 is 14.8 Å². The first-order valence-electron chi connectivity index (χ1n) is 9.24. The molecule has 1 heterocycles. The maximum absolute atomic E-state index is 12.4. The van der Waals surface area contributed by atoms with Gasteiger partial charge >= 0.3 is 0 Å². The molecule has 3 rings (SSSR count). The van der Waals surface area contributed by atoms with Gasteiger partial charge in [0.05, 0.1) is 31.8 Å². The molecule has 0 unspecified atom stereocenters. The third kappa shape index (κ3) is 4.82. The number of nitrogens with zero attached hydrogens (tertiary/aromatic N) is 3.